The van der Waals surface area contributed by atoms with Crippen molar-refractivity contribution in [2.75, 3.05) is 5.32 Å². The van der Waals surface area contributed by atoms with Crippen LogP contribution in [-0.2, 0) is 6.54 Å². The van der Waals surface area contributed by atoms with Crippen molar-refractivity contribution in [3.8, 4) is 0 Å². The van der Waals surface area contributed by atoms with E-state index in [1.807, 2.05) is 48.5 Å². The van der Waals surface area contributed by atoms with E-state index in [1.54, 1.807) is 19.1 Å². The number of aromatic nitrogens is 1. The number of hydrogen-bond acceptors (Lipinski definition) is 6. The van der Waals surface area contributed by atoms with Crippen LogP contribution in [-0.4, -0.2) is 34.5 Å². The van der Waals surface area contributed by atoms with Crippen molar-refractivity contribution >= 4 is 45.1 Å². The Hall–Kier alpha value is -4.83. The Morgan fingerprint density at radius 2 is 1.51 bits per heavy atom. The van der Waals surface area contributed by atoms with Crippen molar-refractivity contribution in [3.63, 3.8) is 0 Å². The Morgan fingerprint density at radius 1 is 0.755 bits per heavy atom. The van der Waals surface area contributed by atoms with Crippen molar-refractivity contribution in [3.05, 3.63) is 113 Å². The number of amides is 2. The van der Waals surface area contributed by atoms with E-state index >= 15 is 0 Å². The molecule has 2 amide bonds. The lowest BCUT2D eigenvalue weighted by Crippen LogP contribution is -2.70. The molecule has 3 atom stereocenters. The summed E-state index contributed by atoms with van der Waals surface area (Å²) < 4.78 is 2.25. The highest BCUT2D eigenvalue weighted by molar-refractivity contribution is 6.15. The monoisotopic (exact) mass is 656 g/mol. The van der Waals surface area contributed by atoms with Gasteiger partial charge in [-0.25, -0.2) is 10.9 Å². The summed E-state index contributed by atoms with van der Waals surface area (Å²) in [4.78, 5) is 40.4. The predicted octanol–water partition coefficient (Wildman–Crippen LogP) is 7.06. The fourth-order valence-corrected chi connectivity index (χ4v) is 7.71. The van der Waals surface area contributed by atoms with Crippen LogP contribution >= 0.6 is 0 Å². The topological polar surface area (TPSA) is 116 Å². The maximum absolute atomic E-state index is 13.7. The molecule has 0 radical (unpaired) electrons. The number of Topliss-reactive ketones (excluding diaryl/α,β-unsaturated/α-hetero) is 1. The molecule has 1 saturated heterocycles. The van der Waals surface area contributed by atoms with Gasteiger partial charge in [0.25, 0.3) is 11.8 Å². The minimum atomic E-state index is -0.527. The Balaban J connectivity index is 1.09. The van der Waals surface area contributed by atoms with Gasteiger partial charge in [-0.1, -0.05) is 74.7 Å². The summed E-state index contributed by atoms with van der Waals surface area (Å²) in [5.74, 6) is -0.475. The van der Waals surface area contributed by atoms with Crippen molar-refractivity contribution < 1.29 is 14.4 Å². The lowest BCUT2D eigenvalue weighted by Gasteiger charge is -2.44. The molecule has 2 heterocycles. The molecule has 9 heteroatoms. The van der Waals surface area contributed by atoms with Gasteiger partial charge in [-0.2, -0.15) is 0 Å². The van der Waals surface area contributed by atoms with E-state index in [2.05, 4.69) is 62.6 Å². The van der Waals surface area contributed by atoms with Crippen molar-refractivity contribution in [1.29, 1.82) is 0 Å². The van der Waals surface area contributed by atoms with Crippen molar-refractivity contribution in [2.45, 2.75) is 77.3 Å². The summed E-state index contributed by atoms with van der Waals surface area (Å²) in [6.45, 7) is 4.70. The number of hydrogen-bond donors (Lipinski definition) is 5. The zero-order chi connectivity index (χ0) is 33.9. The minimum Gasteiger partial charge on any atom is -0.341 e. The van der Waals surface area contributed by atoms with Crippen molar-refractivity contribution in [1.82, 2.24) is 26.1 Å². The van der Waals surface area contributed by atoms with Gasteiger partial charge < -0.3 is 15.2 Å². The summed E-state index contributed by atoms with van der Waals surface area (Å²) in [6.07, 6.45) is 5.64. The Kier molecular flexibility index (Phi) is 9.57. The van der Waals surface area contributed by atoms with Gasteiger partial charge in [-0.3, -0.25) is 19.7 Å². The molecule has 5 N–H and O–H groups in total. The number of anilines is 1. The highest BCUT2D eigenvalue weighted by Crippen LogP contribution is 2.34. The zero-order valence-electron chi connectivity index (χ0n) is 28.1. The normalized spacial score (nSPS) is 19.9. The lowest BCUT2D eigenvalue weighted by molar-refractivity contribution is 0.0809. The second-order valence-electron chi connectivity index (χ2n) is 13.2. The van der Waals surface area contributed by atoms with Crippen molar-refractivity contribution in [2.24, 2.45) is 5.92 Å². The van der Waals surface area contributed by atoms with Gasteiger partial charge in [0.2, 0.25) is 0 Å². The van der Waals surface area contributed by atoms with Gasteiger partial charge in [-0.05, 0) is 73.7 Å². The molecule has 252 valence electrons. The summed E-state index contributed by atoms with van der Waals surface area (Å²) >= 11 is 0. The number of carbonyl (C=O) groups is 3. The molecule has 1 aliphatic heterocycles. The SMILES string of the molecule is CCC(=O)c1cc(C(=O)NC2NNC(c3ccccc3)C(C3CCCCC3)N2)ccc1C(=O)Nc1ccc2c(c1)c1ccccc1n2CC. The third-order valence-electron chi connectivity index (χ3n) is 10.2. The number of aryl methyl sites for hydroxylation is 1. The van der Waals surface area contributed by atoms with Crippen LogP contribution in [0.2, 0.25) is 0 Å². The zero-order valence-corrected chi connectivity index (χ0v) is 28.1. The van der Waals surface area contributed by atoms with Gasteiger partial charge in [0, 0.05) is 57.6 Å². The maximum Gasteiger partial charge on any atom is 0.256 e. The Labute approximate surface area is 286 Å². The average molecular weight is 657 g/mol. The number of fused-ring (bicyclic) bond motifs is 3. The molecular formula is C40H44N6O3. The first-order chi connectivity index (χ1) is 23.9. The Bertz CT molecular complexity index is 2000. The van der Waals surface area contributed by atoms with Gasteiger partial charge in [0.05, 0.1) is 11.6 Å². The molecule has 0 bridgehead atoms. The fraction of sp³-hybridized carbons (Fsp3) is 0.325. The van der Waals surface area contributed by atoms with Crippen LogP contribution in [0, 0.1) is 5.92 Å². The second kappa shape index (κ2) is 14.3. The fourth-order valence-electron chi connectivity index (χ4n) is 7.71. The molecule has 1 aromatic heterocycles. The van der Waals surface area contributed by atoms with E-state index in [-0.39, 0.29) is 41.3 Å². The quantitative estimate of drug-likeness (QED) is 0.109. The van der Waals surface area contributed by atoms with E-state index in [0.717, 1.165) is 41.2 Å². The summed E-state index contributed by atoms with van der Waals surface area (Å²) in [5.41, 5.74) is 11.5. The van der Waals surface area contributed by atoms with E-state index in [4.69, 9.17) is 0 Å². The minimum absolute atomic E-state index is 0.0509. The van der Waals surface area contributed by atoms with E-state index in [0.29, 0.717) is 17.2 Å². The van der Waals surface area contributed by atoms with Gasteiger partial charge in [0.15, 0.2) is 5.78 Å². The number of hydrazine groups is 1. The van der Waals surface area contributed by atoms with Crippen LogP contribution < -0.4 is 26.8 Å². The number of para-hydroxylation sites is 1. The first-order valence-electron chi connectivity index (χ1n) is 17.6. The molecule has 5 aromatic rings. The molecule has 4 aromatic carbocycles. The molecule has 3 unspecified atom stereocenters. The van der Waals surface area contributed by atoms with Crippen LogP contribution in [0.3, 0.4) is 0 Å². The van der Waals surface area contributed by atoms with Crippen LogP contribution in [0.4, 0.5) is 5.69 Å². The van der Waals surface area contributed by atoms with Gasteiger partial charge in [-0.15, -0.1) is 0 Å². The number of carbonyl (C=O) groups excluding carboxylic acids is 3. The van der Waals surface area contributed by atoms with E-state index in [9.17, 15) is 14.4 Å². The van der Waals surface area contributed by atoms with Crippen LogP contribution in [0.1, 0.15) is 95.1 Å². The predicted molar refractivity (Wildman–Crippen MR) is 194 cm³/mol. The summed E-state index contributed by atoms with van der Waals surface area (Å²) in [5, 5.41) is 11.9. The van der Waals surface area contributed by atoms with Crippen LogP contribution in [0.5, 0.6) is 0 Å². The molecule has 9 nitrogen and oxygen atoms in total. The third kappa shape index (κ3) is 6.62. The first kappa shape index (κ1) is 32.7. The number of ketones is 1. The first-order valence-corrected chi connectivity index (χ1v) is 17.6. The number of rotatable bonds is 9. The number of nitrogens with zero attached hydrogens (tertiary/aromatic N) is 1. The molecule has 2 aliphatic rings. The Morgan fingerprint density at radius 3 is 2.29 bits per heavy atom. The smallest absolute Gasteiger partial charge is 0.256 e. The average Bonchev–Trinajstić information content (AvgIpc) is 3.47. The highest BCUT2D eigenvalue weighted by atomic mass is 16.2. The summed E-state index contributed by atoms with van der Waals surface area (Å²) in [6, 6.07) is 29.4. The standard InChI is InChI=1S/C40H44N6O3/c1-3-35(47)32-23-27(38(48)43-40-42-36(25-13-7-5-8-14-25)37(44-45-40)26-15-9-6-10-16-26)19-21-30(32)39(49)41-28-20-22-34-31(24-28)29-17-11-12-18-33(29)46(34)4-2/h6,9-12,15-25,36-37,40,42,44-45H,3-5,7-8,13-14H2,1-2H3,(H,41,49)(H,43,48). The molecule has 2 fully saturated rings. The van der Waals surface area contributed by atoms with Crippen LogP contribution in [0.25, 0.3) is 21.8 Å². The van der Waals surface area contributed by atoms with E-state index in [1.165, 1.54) is 30.9 Å². The van der Waals surface area contributed by atoms with Gasteiger partial charge in [0.1, 0.15) is 6.29 Å². The molecule has 0 spiro atoms. The lowest BCUT2D eigenvalue weighted by atomic mass is 9.79. The highest BCUT2D eigenvalue weighted by Gasteiger charge is 2.37. The van der Waals surface area contributed by atoms with Gasteiger partial charge >= 0.3 is 0 Å². The molecule has 1 aliphatic carbocycles. The van der Waals surface area contributed by atoms with Crippen LogP contribution in [0.15, 0.2) is 91.0 Å². The molecule has 7 rings (SSSR count). The maximum atomic E-state index is 13.7. The summed E-state index contributed by atoms with van der Waals surface area (Å²) in [7, 11) is 0. The number of benzene rings is 4. The van der Waals surface area contributed by atoms with E-state index < -0.39 is 12.2 Å². The third-order valence-corrected chi connectivity index (χ3v) is 10.2. The molecular weight excluding hydrogens is 612 g/mol. The largest absolute Gasteiger partial charge is 0.341 e. The molecule has 49 heavy (non-hydrogen) atoms. The second-order valence-corrected chi connectivity index (χ2v) is 13.2. The molecule has 1 saturated carbocycles. The number of nitrogens with one attached hydrogen (secondary N) is 5.